The van der Waals surface area contributed by atoms with E-state index >= 15 is 0 Å². The third-order valence-electron chi connectivity index (χ3n) is 0.986. The number of hydrogen-bond donors (Lipinski definition) is 0. The first-order valence-electron chi connectivity index (χ1n) is 2.51. The standard InChI is InChI=1S/C7H2Br2N/c8-6-1-2-7(9)5(3-6)4-10/h2-3H. The molecule has 0 bridgehead atoms. The van der Waals surface area contributed by atoms with E-state index in [1.54, 1.807) is 12.1 Å². The summed E-state index contributed by atoms with van der Waals surface area (Å²) in [7, 11) is 0. The molecule has 0 atom stereocenters. The van der Waals surface area contributed by atoms with Gasteiger partial charge in [0.15, 0.2) is 0 Å². The average molecular weight is 260 g/mol. The summed E-state index contributed by atoms with van der Waals surface area (Å²) in [5, 5.41) is 8.53. The van der Waals surface area contributed by atoms with Crippen LogP contribution in [-0.2, 0) is 0 Å². The van der Waals surface area contributed by atoms with Crippen LogP contribution < -0.4 is 0 Å². The molecule has 1 aromatic carbocycles. The van der Waals surface area contributed by atoms with Crippen LogP contribution in [0.25, 0.3) is 0 Å². The highest BCUT2D eigenvalue weighted by Gasteiger charge is 1.97. The quantitative estimate of drug-likeness (QED) is 0.703. The molecular formula is C7H2Br2N. The van der Waals surface area contributed by atoms with Gasteiger partial charge in [-0.1, -0.05) is 15.9 Å². The van der Waals surface area contributed by atoms with Gasteiger partial charge in [-0.05, 0) is 34.1 Å². The molecule has 0 saturated carbocycles. The van der Waals surface area contributed by atoms with Crippen LogP contribution in [0.4, 0.5) is 0 Å². The van der Waals surface area contributed by atoms with Crippen molar-refractivity contribution < 1.29 is 0 Å². The summed E-state index contributed by atoms with van der Waals surface area (Å²) in [6.45, 7) is 0. The smallest absolute Gasteiger partial charge is 0.100 e. The minimum atomic E-state index is 0.616. The summed E-state index contributed by atoms with van der Waals surface area (Å²) < 4.78 is 1.57. The fraction of sp³-hybridized carbons (Fsp3) is 0. The van der Waals surface area contributed by atoms with Crippen LogP contribution in [0.2, 0.25) is 0 Å². The topological polar surface area (TPSA) is 23.8 Å². The molecular weight excluding hydrogens is 258 g/mol. The van der Waals surface area contributed by atoms with Gasteiger partial charge in [0, 0.05) is 8.95 Å². The van der Waals surface area contributed by atoms with Gasteiger partial charge in [-0.2, -0.15) is 5.26 Å². The van der Waals surface area contributed by atoms with Gasteiger partial charge in [0.25, 0.3) is 0 Å². The molecule has 3 heteroatoms. The number of hydrogen-bond acceptors (Lipinski definition) is 1. The Kier molecular flexibility index (Phi) is 2.47. The number of nitriles is 1. The Morgan fingerprint density at radius 2 is 2.20 bits per heavy atom. The zero-order valence-electron chi connectivity index (χ0n) is 4.86. The van der Waals surface area contributed by atoms with Crippen molar-refractivity contribution in [2.24, 2.45) is 0 Å². The van der Waals surface area contributed by atoms with Crippen molar-refractivity contribution in [2.45, 2.75) is 0 Å². The molecule has 1 rings (SSSR count). The van der Waals surface area contributed by atoms with Gasteiger partial charge in [0.2, 0.25) is 0 Å². The number of halogens is 2. The predicted molar refractivity (Wildman–Crippen MR) is 45.4 cm³/mol. The maximum atomic E-state index is 8.53. The monoisotopic (exact) mass is 258 g/mol. The second kappa shape index (κ2) is 3.18. The Morgan fingerprint density at radius 1 is 1.50 bits per heavy atom. The Balaban J connectivity index is 3.25. The highest BCUT2D eigenvalue weighted by molar-refractivity contribution is 9.11. The summed E-state index contributed by atoms with van der Waals surface area (Å²) in [5.74, 6) is 0. The summed E-state index contributed by atoms with van der Waals surface area (Å²) in [5.41, 5.74) is 0.616. The van der Waals surface area contributed by atoms with Crippen LogP contribution in [0.1, 0.15) is 5.56 Å². The largest absolute Gasteiger partial charge is 0.192 e. The molecule has 0 spiro atoms. The molecule has 1 nitrogen and oxygen atoms in total. The molecule has 0 aliphatic carbocycles. The lowest BCUT2D eigenvalue weighted by molar-refractivity contribution is 1.45. The number of nitrogens with zero attached hydrogens (tertiary/aromatic N) is 1. The lowest BCUT2D eigenvalue weighted by Gasteiger charge is -1.92. The first-order chi connectivity index (χ1) is 4.74. The normalized spacial score (nSPS) is 8.90. The molecule has 1 aromatic rings. The van der Waals surface area contributed by atoms with Crippen LogP contribution in [0.3, 0.4) is 0 Å². The van der Waals surface area contributed by atoms with Gasteiger partial charge < -0.3 is 0 Å². The van der Waals surface area contributed by atoms with E-state index in [0.29, 0.717) is 5.56 Å². The summed E-state index contributed by atoms with van der Waals surface area (Å²) >= 11 is 6.43. The van der Waals surface area contributed by atoms with Crippen LogP contribution in [0, 0.1) is 17.4 Å². The predicted octanol–water partition coefficient (Wildman–Crippen LogP) is 2.88. The van der Waals surface area contributed by atoms with Gasteiger partial charge in [0.1, 0.15) is 6.07 Å². The number of rotatable bonds is 0. The van der Waals surface area contributed by atoms with Crippen molar-refractivity contribution >= 4 is 31.9 Å². The summed E-state index contributed by atoms with van der Waals surface area (Å²) in [6, 6.07) is 8.36. The molecule has 10 heavy (non-hydrogen) atoms. The molecule has 0 fully saturated rings. The van der Waals surface area contributed by atoms with Crippen molar-refractivity contribution in [3.63, 3.8) is 0 Å². The third-order valence-corrected chi connectivity index (χ3v) is 2.10. The number of benzene rings is 1. The van der Waals surface area contributed by atoms with E-state index in [0.717, 1.165) is 8.95 Å². The Labute approximate surface area is 75.9 Å². The fourth-order valence-corrected chi connectivity index (χ4v) is 1.19. The van der Waals surface area contributed by atoms with E-state index in [4.69, 9.17) is 5.26 Å². The molecule has 1 radical (unpaired) electrons. The van der Waals surface area contributed by atoms with Crippen molar-refractivity contribution in [3.05, 3.63) is 32.7 Å². The van der Waals surface area contributed by atoms with E-state index in [1.165, 1.54) is 0 Å². The minimum Gasteiger partial charge on any atom is -0.192 e. The van der Waals surface area contributed by atoms with Crippen LogP contribution >= 0.6 is 31.9 Å². The Bertz CT molecular complexity index is 288. The van der Waals surface area contributed by atoms with Crippen LogP contribution in [0.5, 0.6) is 0 Å². The molecule has 0 aliphatic heterocycles. The van der Waals surface area contributed by atoms with Gasteiger partial charge in [-0.25, -0.2) is 0 Å². The molecule has 0 unspecified atom stereocenters. The lowest BCUT2D eigenvalue weighted by atomic mass is 10.2. The fourth-order valence-electron chi connectivity index (χ4n) is 0.533. The molecule has 0 heterocycles. The van der Waals surface area contributed by atoms with Crippen molar-refractivity contribution in [2.75, 3.05) is 0 Å². The van der Waals surface area contributed by atoms with Crippen molar-refractivity contribution in [3.8, 4) is 6.07 Å². The van der Waals surface area contributed by atoms with E-state index in [9.17, 15) is 0 Å². The molecule has 0 N–H and O–H groups in total. The maximum absolute atomic E-state index is 8.53. The average Bonchev–Trinajstić information content (AvgIpc) is 1.94. The van der Waals surface area contributed by atoms with Crippen molar-refractivity contribution in [1.82, 2.24) is 0 Å². The first-order valence-corrected chi connectivity index (χ1v) is 4.09. The van der Waals surface area contributed by atoms with Gasteiger partial charge >= 0.3 is 0 Å². The molecule has 0 saturated heterocycles. The highest BCUT2D eigenvalue weighted by atomic mass is 79.9. The van der Waals surface area contributed by atoms with Crippen LogP contribution in [-0.4, -0.2) is 0 Å². The SMILES string of the molecule is N#Cc1cc(Br)[c]cc1Br. The summed E-state index contributed by atoms with van der Waals surface area (Å²) in [6.07, 6.45) is 0. The zero-order chi connectivity index (χ0) is 7.56. The third kappa shape index (κ3) is 1.59. The van der Waals surface area contributed by atoms with Crippen molar-refractivity contribution in [1.29, 1.82) is 5.26 Å². The minimum absolute atomic E-state index is 0.616. The van der Waals surface area contributed by atoms with E-state index in [-0.39, 0.29) is 0 Å². The van der Waals surface area contributed by atoms with Crippen LogP contribution in [0.15, 0.2) is 21.1 Å². The highest BCUT2D eigenvalue weighted by Crippen LogP contribution is 2.19. The summed E-state index contributed by atoms with van der Waals surface area (Å²) in [4.78, 5) is 0. The van der Waals surface area contributed by atoms with Gasteiger partial charge in [0.05, 0.1) is 5.56 Å². The van der Waals surface area contributed by atoms with E-state index in [1.807, 2.05) is 6.07 Å². The lowest BCUT2D eigenvalue weighted by Crippen LogP contribution is -1.75. The second-order valence-corrected chi connectivity index (χ2v) is 3.36. The molecule has 0 amide bonds. The van der Waals surface area contributed by atoms with E-state index in [2.05, 4.69) is 37.9 Å². The first kappa shape index (κ1) is 7.77. The second-order valence-electron chi connectivity index (χ2n) is 1.65. The molecule has 49 valence electrons. The Morgan fingerprint density at radius 3 is 2.70 bits per heavy atom. The molecule has 0 aromatic heterocycles. The Hall–Kier alpha value is -0.330. The van der Waals surface area contributed by atoms with Gasteiger partial charge in [-0.15, -0.1) is 0 Å². The van der Waals surface area contributed by atoms with Gasteiger partial charge in [-0.3, -0.25) is 0 Å². The maximum Gasteiger partial charge on any atom is 0.100 e. The van der Waals surface area contributed by atoms with E-state index < -0.39 is 0 Å². The molecule has 0 aliphatic rings. The zero-order valence-corrected chi connectivity index (χ0v) is 8.03.